The van der Waals surface area contributed by atoms with Crippen molar-refractivity contribution in [3.8, 4) is 0 Å². The molecule has 1 atom stereocenters. The first-order chi connectivity index (χ1) is 13.0. The van der Waals surface area contributed by atoms with Gasteiger partial charge < -0.3 is 10.1 Å². The highest BCUT2D eigenvalue weighted by atomic mass is 32.2. The lowest BCUT2D eigenvalue weighted by atomic mass is 10.2. The first-order valence-electron chi connectivity index (χ1n) is 8.21. The molecule has 0 aliphatic rings. The number of fused-ring (bicyclic) bond motifs is 1. The number of thiazole rings is 1. The Hall–Kier alpha value is -2.45. The summed E-state index contributed by atoms with van der Waals surface area (Å²) in [7, 11) is 0. The maximum Gasteiger partial charge on any atom is 0.317 e. The molecule has 1 aromatic heterocycles. The number of nitrogens with one attached hydrogen (secondary N) is 1. The van der Waals surface area contributed by atoms with Crippen molar-refractivity contribution in [3.63, 3.8) is 0 Å². The van der Waals surface area contributed by atoms with Gasteiger partial charge in [-0.05, 0) is 36.8 Å². The predicted molar refractivity (Wildman–Crippen MR) is 104 cm³/mol. The number of ether oxygens (including phenoxy) is 1. The van der Waals surface area contributed by atoms with Crippen LogP contribution in [0.1, 0.15) is 12.5 Å². The molecule has 1 unspecified atom stereocenters. The average molecular weight is 404 g/mol. The molecule has 0 aliphatic heterocycles. The van der Waals surface area contributed by atoms with Crippen molar-refractivity contribution in [2.45, 2.75) is 23.9 Å². The van der Waals surface area contributed by atoms with E-state index >= 15 is 0 Å². The van der Waals surface area contributed by atoms with E-state index in [-0.39, 0.29) is 18.1 Å². The minimum atomic E-state index is -0.908. The highest BCUT2D eigenvalue weighted by Gasteiger charge is 2.18. The van der Waals surface area contributed by atoms with Gasteiger partial charge in [0, 0.05) is 6.54 Å². The number of thioether (sulfide) groups is 1. The third-order valence-electron chi connectivity index (χ3n) is 3.65. The lowest BCUT2D eigenvalue weighted by Gasteiger charge is -2.13. The third kappa shape index (κ3) is 5.51. The number of amides is 1. The van der Waals surface area contributed by atoms with Crippen molar-refractivity contribution < 1.29 is 18.7 Å². The molecule has 0 spiro atoms. The zero-order chi connectivity index (χ0) is 19.2. The second-order valence-corrected chi connectivity index (χ2v) is 7.97. The van der Waals surface area contributed by atoms with Crippen LogP contribution in [0.25, 0.3) is 10.2 Å². The van der Waals surface area contributed by atoms with Crippen LogP contribution in [0, 0.1) is 5.82 Å². The predicted octanol–water partition coefficient (Wildman–Crippen LogP) is 3.78. The maximum atomic E-state index is 12.9. The number of carbonyl (C=O) groups is 2. The van der Waals surface area contributed by atoms with Crippen LogP contribution in [-0.4, -0.2) is 28.7 Å². The van der Waals surface area contributed by atoms with E-state index in [1.807, 2.05) is 24.3 Å². The summed E-state index contributed by atoms with van der Waals surface area (Å²) in [5.41, 5.74) is 1.65. The number of aromatic nitrogens is 1. The molecule has 0 bridgehead atoms. The monoisotopic (exact) mass is 404 g/mol. The van der Waals surface area contributed by atoms with Crippen LogP contribution >= 0.6 is 23.1 Å². The number of esters is 1. The minimum absolute atomic E-state index is 0.0788. The second kappa shape index (κ2) is 8.96. The number of para-hydroxylation sites is 1. The van der Waals surface area contributed by atoms with Gasteiger partial charge in [-0.25, -0.2) is 9.37 Å². The van der Waals surface area contributed by atoms with Gasteiger partial charge in [-0.3, -0.25) is 9.59 Å². The van der Waals surface area contributed by atoms with E-state index in [1.54, 1.807) is 12.1 Å². The standard InChI is InChI=1S/C19H17FN2O3S2/c1-12(18(24)21-10-13-6-8-14(20)9-7-13)25-17(23)11-26-19-22-15-4-2-3-5-16(15)27-19/h2-9,12H,10-11H2,1H3,(H,21,24). The fourth-order valence-electron chi connectivity index (χ4n) is 2.25. The van der Waals surface area contributed by atoms with E-state index in [1.165, 1.54) is 42.2 Å². The Morgan fingerprint density at radius 1 is 1.22 bits per heavy atom. The number of nitrogens with zero attached hydrogens (tertiary/aromatic N) is 1. The van der Waals surface area contributed by atoms with Crippen molar-refractivity contribution >= 4 is 45.2 Å². The minimum Gasteiger partial charge on any atom is -0.452 e. The van der Waals surface area contributed by atoms with Crippen LogP contribution in [0.3, 0.4) is 0 Å². The Balaban J connectivity index is 1.43. The Morgan fingerprint density at radius 3 is 2.70 bits per heavy atom. The molecular formula is C19H17FN2O3S2. The van der Waals surface area contributed by atoms with Gasteiger partial charge in [-0.2, -0.15) is 0 Å². The maximum absolute atomic E-state index is 12.9. The molecular weight excluding hydrogens is 387 g/mol. The Kier molecular flexibility index (Phi) is 6.41. The second-order valence-electron chi connectivity index (χ2n) is 5.71. The molecule has 3 aromatic rings. The van der Waals surface area contributed by atoms with Gasteiger partial charge in [0.05, 0.1) is 16.0 Å². The van der Waals surface area contributed by atoms with Crippen molar-refractivity contribution in [3.05, 3.63) is 59.9 Å². The molecule has 8 heteroatoms. The SMILES string of the molecule is CC(OC(=O)CSc1nc2ccccc2s1)C(=O)NCc1ccc(F)cc1. The van der Waals surface area contributed by atoms with Gasteiger partial charge in [0.15, 0.2) is 10.4 Å². The van der Waals surface area contributed by atoms with Crippen molar-refractivity contribution in [1.82, 2.24) is 10.3 Å². The van der Waals surface area contributed by atoms with Gasteiger partial charge in [0.25, 0.3) is 5.91 Å². The third-order valence-corrected chi connectivity index (χ3v) is 5.80. The zero-order valence-electron chi connectivity index (χ0n) is 14.5. The molecule has 27 heavy (non-hydrogen) atoms. The summed E-state index contributed by atoms with van der Waals surface area (Å²) >= 11 is 2.79. The van der Waals surface area contributed by atoms with Crippen LogP contribution in [0.2, 0.25) is 0 Å². The normalized spacial score (nSPS) is 11.9. The summed E-state index contributed by atoms with van der Waals surface area (Å²) in [6.07, 6.45) is -0.908. The van der Waals surface area contributed by atoms with Crippen molar-refractivity contribution in [2.24, 2.45) is 0 Å². The fraction of sp³-hybridized carbons (Fsp3) is 0.211. The first-order valence-corrected chi connectivity index (χ1v) is 10.0. The number of benzene rings is 2. The van der Waals surface area contributed by atoms with E-state index in [0.29, 0.717) is 0 Å². The molecule has 0 radical (unpaired) electrons. The fourth-order valence-corrected chi connectivity index (χ4v) is 4.10. The van der Waals surface area contributed by atoms with Crippen molar-refractivity contribution in [1.29, 1.82) is 0 Å². The largest absolute Gasteiger partial charge is 0.452 e. The van der Waals surface area contributed by atoms with Crippen LogP contribution < -0.4 is 5.32 Å². The van der Waals surface area contributed by atoms with Crippen LogP contribution in [0.5, 0.6) is 0 Å². The van der Waals surface area contributed by atoms with Gasteiger partial charge in [0.2, 0.25) is 0 Å². The molecule has 0 saturated heterocycles. The van der Waals surface area contributed by atoms with Gasteiger partial charge in [0.1, 0.15) is 5.82 Å². The summed E-state index contributed by atoms with van der Waals surface area (Å²) in [6, 6.07) is 13.6. The average Bonchev–Trinajstić information content (AvgIpc) is 3.08. The van der Waals surface area contributed by atoms with E-state index in [0.717, 1.165) is 20.1 Å². The zero-order valence-corrected chi connectivity index (χ0v) is 16.1. The van der Waals surface area contributed by atoms with E-state index in [2.05, 4.69) is 10.3 Å². The molecule has 2 aromatic carbocycles. The van der Waals surface area contributed by atoms with Crippen LogP contribution in [0.15, 0.2) is 52.9 Å². The molecule has 1 amide bonds. The van der Waals surface area contributed by atoms with E-state index in [9.17, 15) is 14.0 Å². The molecule has 0 saturated carbocycles. The topological polar surface area (TPSA) is 68.3 Å². The number of hydrogen-bond acceptors (Lipinski definition) is 6. The number of rotatable bonds is 7. The Bertz CT molecular complexity index is 911. The number of halogens is 1. The molecule has 0 fully saturated rings. The smallest absolute Gasteiger partial charge is 0.317 e. The Morgan fingerprint density at radius 2 is 1.96 bits per heavy atom. The van der Waals surface area contributed by atoms with Crippen molar-refractivity contribution in [2.75, 3.05) is 5.75 Å². The summed E-state index contributed by atoms with van der Waals surface area (Å²) in [5.74, 6) is -1.14. The first kappa shape index (κ1) is 19.3. The van der Waals surface area contributed by atoms with E-state index < -0.39 is 18.0 Å². The van der Waals surface area contributed by atoms with Gasteiger partial charge in [-0.1, -0.05) is 36.0 Å². The molecule has 140 valence electrons. The molecule has 3 rings (SSSR count). The van der Waals surface area contributed by atoms with Crippen LogP contribution in [-0.2, 0) is 20.9 Å². The summed E-state index contributed by atoms with van der Waals surface area (Å²) in [5, 5.41) is 2.66. The molecule has 5 nitrogen and oxygen atoms in total. The highest BCUT2D eigenvalue weighted by Crippen LogP contribution is 2.29. The number of carbonyl (C=O) groups excluding carboxylic acids is 2. The lowest BCUT2D eigenvalue weighted by Crippen LogP contribution is -2.35. The molecule has 0 aliphatic carbocycles. The van der Waals surface area contributed by atoms with Gasteiger partial charge in [-0.15, -0.1) is 11.3 Å². The summed E-state index contributed by atoms with van der Waals surface area (Å²) in [6.45, 7) is 1.75. The quantitative estimate of drug-likeness (QED) is 0.480. The molecule has 1 N–H and O–H groups in total. The highest BCUT2D eigenvalue weighted by molar-refractivity contribution is 8.01. The summed E-state index contributed by atoms with van der Waals surface area (Å²) < 4.78 is 19.9. The number of hydrogen-bond donors (Lipinski definition) is 1. The van der Waals surface area contributed by atoms with Gasteiger partial charge >= 0.3 is 5.97 Å². The Labute approximate surface area is 163 Å². The summed E-state index contributed by atoms with van der Waals surface area (Å²) in [4.78, 5) is 28.4. The molecule has 1 heterocycles. The van der Waals surface area contributed by atoms with Crippen LogP contribution in [0.4, 0.5) is 4.39 Å². The van der Waals surface area contributed by atoms with E-state index in [4.69, 9.17) is 4.74 Å². The lowest BCUT2D eigenvalue weighted by molar-refractivity contribution is -0.152.